The first-order valence-corrected chi connectivity index (χ1v) is 5.95. The van der Waals surface area contributed by atoms with Crippen molar-refractivity contribution in [1.82, 2.24) is 4.90 Å². The molecule has 1 N–H and O–H groups in total. The van der Waals surface area contributed by atoms with E-state index in [1.54, 1.807) is 11.0 Å². The molecule has 0 spiro atoms. The van der Waals surface area contributed by atoms with Crippen LogP contribution in [0.15, 0.2) is 43.0 Å². The highest BCUT2D eigenvalue weighted by atomic mass is 16.5. The number of carbonyl (C=O) groups excluding carboxylic acids is 1. The van der Waals surface area contributed by atoms with E-state index in [0.29, 0.717) is 26.1 Å². The van der Waals surface area contributed by atoms with Gasteiger partial charge in [-0.15, -0.1) is 6.58 Å². The highest BCUT2D eigenvalue weighted by Gasteiger charge is 2.11. The summed E-state index contributed by atoms with van der Waals surface area (Å²) >= 11 is 0. The average Bonchev–Trinajstić information content (AvgIpc) is 2.39. The maximum atomic E-state index is 11.8. The Morgan fingerprint density at radius 1 is 1.39 bits per heavy atom. The molecule has 0 aliphatic carbocycles. The van der Waals surface area contributed by atoms with Gasteiger partial charge in [-0.2, -0.15) is 0 Å². The predicted molar refractivity (Wildman–Crippen MR) is 70.4 cm³/mol. The van der Waals surface area contributed by atoms with Crippen LogP contribution in [0.25, 0.3) is 0 Å². The van der Waals surface area contributed by atoms with E-state index in [1.165, 1.54) is 0 Å². The monoisotopic (exact) mass is 249 g/mol. The molecule has 1 rings (SSSR count). The summed E-state index contributed by atoms with van der Waals surface area (Å²) in [5.41, 5.74) is 0. The Kier molecular flexibility index (Phi) is 6.58. The van der Waals surface area contributed by atoms with E-state index >= 15 is 0 Å². The van der Waals surface area contributed by atoms with Crippen molar-refractivity contribution in [2.75, 3.05) is 26.3 Å². The SMILES string of the molecule is C=CCN(CCO)C(=O)CCOc1ccccc1. The number of carbonyl (C=O) groups is 1. The fourth-order valence-electron chi connectivity index (χ4n) is 1.53. The highest BCUT2D eigenvalue weighted by Crippen LogP contribution is 2.08. The fraction of sp³-hybridized carbons (Fsp3) is 0.357. The van der Waals surface area contributed by atoms with Crippen LogP contribution in [0.5, 0.6) is 5.75 Å². The van der Waals surface area contributed by atoms with Gasteiger partial charge in [0.05, 0.1) is 19.6 Å². The molecule has 0 bridgehead atoms. The Balaban J connectivity index is 2.33. The van der Waals surface area contributed by atoms with Gasteiger partial charge in [-0.25, -0.2) is 0 Å². The van der Waals surface area contributed by atoms with E-state index in [1.807, 2.05) is 30.3 Å². The maximum Gasteiger partial charge on any atom is 0.226 e. The van der Waals surface area contributed by atoms with Crippen LogP contribution in [0.2, 0.25) is 0 Å². The van der Waals surface area contributed by atoms with Crippen molar-refractivity contribution in [3.8, 4) is 5.75 Å². The maximum absolute atomic E-state index is 11.8. The Morgan fingerprint density at radius 3 is 2.72 bits per heavy atom. The van der Waals surface area contributed by atoms with Crippen LogP contribution in [-0.4, -0.2) is 42.2 Å². The van der Waals surface area contributed by atoms with Crippen molar-refractivity contribution < 1.29 is 14.6 Å². The third-order valence-electron chi connectivity index (χ3n) is 2.40. The second-order valence-corrected chi connectivity index (χ2v) is 3.76. The van der Waals surface area contributed by atoms with Crippen LogP contribution < -0.4 is 4.74 Å². The third-order valence-corrected chi connectivity index (χ3v) is 2.40. The van der Waals surface area contributed by atoms with Crippen molar-refractivity contribution >= 4 is 5.91 Å². The lowest BCUT2D eigenvalue weighted by Gasteiger charge is -2.19. The zero-order valence-corrected chi connectivity index (χ0v) is 10.4. The number of aliphatic hydroxyl groups excluding tert-OH is 1. The summed E-state index contributed by atoms with van der Waals surface area (Å²) in [6.07, 6.45) is 1.94. The third kappa shape index (κ3) is 5.01. The molecular formula is C14H19NO3. The molecular weight excluding hydrogens is 230 g/mol. The number of rotatable bonds is 8. The summed E-state index contributed by atoms with van der Waals surface area (Å²) in [6, 6.07) is 9.37. The molecule has 1 amide bonds. The van der Waals surface area contributed by atoms with Gasteiger partial charge in [0.1, 0.15) is 5.75 Å². The quantitative estimate of drug-likeness (QED) is 0.710. The number of hydrogen-bond donors (Lipinski definition) is 1. The Hall–Kier alpha value is -1.81. The van der Waals surface area contributed by atoms with Crippen LogP contribution in [-0.2, 0) is 4.79 Å². The minimum atomic E-state index is -0.0425. The van der Waals surface area contributed by atoms with Gasteiger partial charge in [-0.05, 0) is 12.1 Å². The van der Waals surface area contributed by atoms with Gasteiger partial charge in [0.25, 0.3) is 0 Å². The summed E-state index contributed by atoms with van der Waals surface area (Å²) in [4.78, 5) is 13.4. The Morgan fingerprint density at radius 2 is 2.11 bits per heavy atom. The number of nitrogens with zero attached hydrogens (tertiary/aromatic N) is 1. The number of para-hydroxylation sites is 1. The second kappa shape index (κ2) is 8.31. The first kappa shape index (κ1) is 14.3. The van der Waals surface area contributed by atoms with Crippen molar-refractivity contribution in [3.63, 3.8) is 0 Å². The van der Waals surface area contributed by atoms with Gasteiger partial charge < -0.3 is 14.7 Å². The van der Waals surface area contributed by atoms with E-state index in [-0.39, 0.29) is 12.5 Å². The Bertz CT molecular complexity index is 365. The van der Waals surface area contributed by atoms with Gasteiger partial charge in [0.15, 0.2) is 0 Å². The number of benzene rings is 1. The van der Waals surface area contributed by atoms with Crippen molar-refractivity contribution in [2.45, 2.75) is 6.42 Å². The standard InChI is InChI=1S/C14H19NO3/c1-2-9-15(10-11-16)14(17)8-12-18-13-6-4-3-5-7-13/h2-7,16H,1,8-12H2. The lowest BCUT2D eigenvalue weighted by atomic mass is 10.3. The molecule has 4 nitrogen and oxygen atoms in total. The molecule has 0 saturated heterocycles. The molecule has 0 unspecified atom stereocenters. The second-order valence-electron chi connectivity index (χ2n) is 3.76. The molecule has 0 heterocycles. The number of hydrogen-bond acceptors (Lipinski definition) is 3. The van der Waals surface area contributed by atoms with E-state index in [9.17, 15) is 4.79 Å². The molecule has 0 saturated carbocycles. The van der Waals surface area contributed by atoms with Crippen molar-refractivity contribution in [1.29, 1.82) is 0 Å². The molecule has 98 valence electrons. The van der Waals surface area contributed by atoms with Crippen LogP contribution in [0.4, 0.5) is 0 Å². The first-order chi connectivity index (χ1) is 8.77. The molecule has 18 heavy (non-hydrogen) atoms. The van der Waals surface area contributed by atoms with Gasteiger partial charge >= 0.3 is 0 Å². The van der Waals surface area contributed by atoms with Crippen LogP contribution >= 0.6 is 0 Å². The van der Waals surface area contributed by atoms with E-state index in [2.05, 4.69) is 6.58 Å². The fourth-order valence-corrected chi connectivity index (χ4v) is 1.53. The van der Waals surface area contributed by atoms with Crippen molar-refractivity contribution in [2.24, 2.45) is 0 Å². The van der Waals surface area contributed by atoms with E-state index in [0.717, 1.165) is 5.75 Å². The smallest absolute Gasteiger partial charge is 0.226 e. The van der Waals surface area contributed by atoms with Crippen LogP contribution in [0.3, 0.4) is 0 Å². The molecule has 0 radical (unpaired) electrons. The molecule has 4 heteroatoms. The molecule has 0 aromatic heterocycles. The zero-order valence-electron chi connectivity index (χ0n) is 10.4. The molecule has 0 aliphatic heterocycles. The lowest BCUT2D eigenvalue weighted by Crippen LogP contribution is -2.34. The summed E-state index contributed by atoms with van der Waals surface area (Å²) in [6.45, 7) is 4.66. The van der Waals surface area contributed by atoms with Crippen LogP contribution in [0.1, 0.15) is 6.42 Å². The largest absolute Gasteiger partial charge is 0.493 e. The van der Waals surface area contributed by atoms with Crippen LogP contribution in [0, 0.1) is 0 Å². The number of ether oxygens (including phenoxy) is 1. The normalized spacial score (nSPS) is 9.83. The zero-order chi connectivity index (χ0) is 13.2. The topological polar surface area (TPSA) is 49.8 Å². The van der Waals surface area contributed by atoms with Gasteiger partial charge in [-0.1, -0.05) is 24.3 Å². The summed E-state index contributed by atoms with van der Waals surface area (Å²) in [5, 5.41) is 8.86. The summed E-state index contributed by atoms with van der Waals surface area (Å²) < 4.78 is 5.45. The lowest BCUT2D eigenvalue weighted by molar-refractivity contribution is -0.131. The van der Waals surface area contributed by atoms with Gasteiger partial charge in [-0.3, -0.25) is 4.79 Å². The molecule has 0 fully saturated rings. The predicted octanol–water partition coefficient (Wildman–Crippen LogP) is 1.46. The van der Waals surface area contributed by atoms with Gasteiger partial charge in [0, 0.05) is 13.1 Å². The van der Waals surface area contributed by atoms with Crippen molar-refractivity contribution in [3.05, 3.63) is 43.0 Å². The minimum Gasteiger partial charge on any atom is -0.493 e. The highest BCUT2D eigenvalue weighted by molar-refractivity contribution is 5.76. The molecule has 0 atom stereocenters. The number of aliphatic hydroxyl groups is 1. The average molecular weight is 249 g/mol. The Labute approximate surface area is 107 Å². The first-order valence-electron chi connectivity index (χ1n) is 5.95. The molecule has 0 aliphatic rings. The van der Waals surface area contributed by atoms with Gasteiger partial charge in [0.2, 0.25) is 5.91 Å². The number of amides is 1. The van der Waals surface area contributed by atoms with E-state index in [4.69, 9.17) is 9.84 Å². The summed E-state index contributed by atoms with van der Waals surface area (Å²) in [5.74, 6) is 0.711. The summed E-state index contributed by atoms with van der Waals surface area (Å²) in [7, 11) is 0. The molecule has 1 aromatic carbocycles. The van der Waals surface area contributed by atoms with E-state index < -0.39 is 0 Å². The molecule has 1 aromatic rings. The minimum absolute atomic E-state index is 0.0418.